The monoisotopic (exact) mass is 304 g/mol. The summed E-state index contributed by atoms with van der Waals surface area (Å²) in [6.45, 7) is 4.03. The standard InChI is InChI=1S/C17H21FN2O2/c1-12-10-14(6-8-16(12)18)11-19-17(21)20-13(2)5-7-15-4-3-9-22-15/h3-4,6,8-10,13H,5,7,11H2,1-2H3,(H2,19,20,21)/t13-/m0/s1. The van der Waals surface area contributed by atoms with E-state index in [2.05, 4.69) is 10.6 Å². The van der Waals surface area contributed by atoms with Gasteiger partial charge in [-0.1, -0.05) is 12.1 Å². The van der Waals surface area contributed by atoms with E-state index in [0.29, 0.717) is 12.1 Å². The smallest absolute Gasteiger partial charge is 0.315 e. The van der Waals surface area contributed by atoms with Crippen molar-refractivity contribution in [3.8, 4) is 0 Å². The summed E-state index contributed by atoms with van der Waals surface area (Å²) in [6, 6.07) is 8.40. The van der Waals surface area contributed by atoms with Crippen LogP contribution in [0.4, 0.5) is 9.18 Å². The first-order chi connectivity index (χ1) is 10.5. The predicted molar refractivity (Wildman–Crippen MR) is 83.0 cm³/mol. The van der Waals surface area contributed by atoms with Gasteiger partial charge < -0.3 is 15.1 Å². The molecule has 0 saturated heterocycles. The lowest BCUT2D eigenvalue weighted by Crippen LogP contribution is -2.40. The lowest BCUT2D eigenvalue weighted by atomic mass is 10.1. The molecule has 0 radical (unpaired) electrons. The molecule has 0 spiro atoms. The molecule has 0 bridgehead atoms. The maximum Gasteiger partial charge on any atom is 0.315 e. The van der Waals surface area contributed by atoms with Gasteiger partial charge in [0.05, 0.1) is 6.26 Å². The number of furan rings is 1. The molecule has 1 aromatic heterocycles. The number of halogens is 1. The maximum atomic E-state index is 13.2. The molecule has 0 unspecified atom stereocenters. The van der Waals surface area contributed by atoms with Crippen LogP contribution in [0, 0.1) is 12.7 Å². The van der Waals surface area contributed by atoms with Crippen molar-refractivity contribution in [3.63, 3.8) is 0 Å². The zero-order valence-corrected chi connectivity index (χ0v) is 12.9. The number of aryl methyl sites for hydroxylation is 2. The number of carbonyl (C=O) groups excluding carboxylic acids is 1. The molecule has 0 aliphatic rings. The summed E-state index contributed by atoms with van der Waals surface area (Å²) in [7, 11) is 0. The van der Waals surface area contributed by atoms with E-state index >= 15 is 0 Å². The molecule has 5 heteroatoms. The van der Waals surface area contributed by atoms with E-state index in [1.54, 1.807) is 25.3 Å². The maximum absolute atomic E-state index is 13.2. The van der Waals surface area contributed by atoms with E-state index in [1.807, 2.05) is 19.1 Å². The minimum Gasteiger partial charge on any atom is -0.469 e. The van der Waals surface area contributed by atoms with E-state index in [1.165, 1.54) is 6.07 Å². The summed E-state index contributed by atoms with van der Waals surface area (Å²) >= 11 is 0. The number of hydrogen-bond donors (Lipinski definition) is 2. The number of carbonyl (C=O) groups is 1. The Hall–Kier alpha value is -2.30. The van der Waals surface area contributed by atoms with Gasteiger partial charge in [-0.3, -0.25) is 0 Å². The second-order valence-electron chi connectivity index (χ2n) is 5.43. The van der Waals surface area contributed by atoms with Crippen molar-refractivity contribution in [1.29, 1.82) is 0 Å². The Morgan fingerprint density at radius 2 is 2.18 bits per heavy atom. The van der Waals surface area contributed by atoms with Crippen LogP contribution in [0.25, 0.3) is 0 Å². The van der Waals surface area contributed by atoms with Gasteiger partial charge in [-0.15, -0.1) is 0 Å². The minimum atomic E-state index is -0.236. The van der Waals surface area contributed by atoms with E-state index < -0.39 is 0 Å². The Kier molecular flexibility index (Phi) is 5.58. The highest BCUT2D eigenvalue weighted by molar-refractivity contribution is 5.74. The van der Waals surface area contributed by atoms with Crippen molar-refractivity contribution >= 4 is 6.03 Å². The summed E-state index contributed by atoms with van der Waals surface area (Å²) in [5.41, 5.74) is 1.45. The number of rotatable bonds is 6. The van der Waals surface area contributed by atoms with Crippen LogP contribution in [0.15, 0.2) is 41.0 Å². The Bertz CT molecular complexity index is 611. The quantitative estimate of drug-likeness (QED) is 0.857. The van der Waals surface area contributed by atoms with Crippen LogP contribution in [0.3, 0.4) is 0 Å². The number of urea groups is 1. The normalized spacial score (nSPS) is 12.0. The van der Waals surface area contributed by atoms with Crippen molar-refractivity contribution in [2.75, 3.05) is 0 Å². The summed E-state index contributed by atoms with van der Waals surface area (Å²) in [5, 5.41) is 5.65. The molecular formula is C17H21FN2O2. The lowest BCUT2D eigenvalue weighted by molar-refractivity contribution is 0.236. The molecule has 4 nitrogen and oxygen atoms in total. The molecule has 2 aromatic rings. The topological polar surface area (TPSA) is 54.3 Å². The van der Waals surface area contributed by atoms with Crippen LogP contribution < -0.4 is 10.6 Å². The largest absolute Gasteiger partial charge is 0.469 e. The molecule has 2 N–H and O–H groups in total. The Labute approximate surface area is 129 Å². The van der Waals surface area contributed by atoms with Gasteiger partial charge in [-0.25, -0.2) is 9.18 Å². The first-order valence-electron chi connectivity index (χ1n) is 7.36. The fraction of sp³-hybridized carbons (Fsp3) is 0.353. The molecule has 118 valence electrons. The highest BCUT2D eigenvalue weighted by atomic mass is 19.1. The summed E-state index contributed by atoms with van der Waals surface area (Å²) in [6.07, 6.45) is 3.23. The van der Waals surface area contributed by atoms with Gasteiger partial charge in [-0.05, 0) is 49.6 Å². The third kappa shape index (κ3) is 4.91. The third-order valence-corrected chi connectivity index (χ3v) is 3.46. The second-order valence-corrected chi connectivity index (χ2v) is 5.43. The molecule has 1 aromatic carbocycles. The van der Waals surface area contributed by atoms with Crippen molar-refractivity contribution in [2.45, 2.75) is 39.3 Å². The SMILES string of the molecule is Cc1cc(CNC(=O)N[C@@H](C)CCc2ccco2)ccc1F. The molecule has 0 aliphatic heterocycles. The van der Waals surface area contributed by atoms with Crippen LogP contribution >= 0.6 is 0 Å². The Morgan fingerprint density at radius 3 is 2.86 bits per heavy atom. The van der Waals surface area contributed by atoms with Gasteiger partial charge in [-0.2, -0.15) is 0 Å². The van der Waals surface area contributed by atoms with E-state index in [9.17, 15) is 9.18 Å². The molecule has 0 saturated carbocycles. The zero-order chi connectivity index (χ0) is 15.9. The number of amides is 2. The highest BCUT2D eigenvalue weighted by Crippen LogP contribution is 2.09. The summed E-state index contributed by atoms with van der Waals surface area (Å²) in [5.74, 6) is 0.676. The fourth-order valence-corrected chi connectivity index (χ4v) is 2.16. The molecule has 2 rings (SSSR count). The van der Waals surface area contributed by atoms with E-state index in [4.69, 9.17) is 4.42 Å². The van der Waals surface area contributed by atoms with Crippen LogP contribution in [-0.4, -0.2) is 12.1 Å². The van der Waals surface area contributed by atoms with Crippen molar-refractivity contribution in [3.05, 3.63) is 59.3 Å². The Morgan fingerprint density at radius 1 is 1.36 bits per heavy atom. The predicted octanol–water partition coefficient (Wildman–Crippen LogP) is 3.55. The lowest BCUT2D eigenvalue weighted by Gasteiger charge is -2.14. The molecule has 0 aliphatic carbocycles. The van der Waals surface area contributed by atoms with Crippen molar-refractivity contribution in [2.24, 2.45) is 0 Å². The van der Waals surface area contributed by atoms with Crippen molar-refractivity contribution < 1.29 is 13.6 Å². The third-order valence-electron chi connectivity index (χ3n) is 3.46. The number of nitrogens with one attached hydrogen (secondary N) is 2. The summed E-state index contributed by atoms with van der Waals surface area (Å²) in [4.78, 5) is 11.8. The summed E-state index contributed by atoms with van der Waals surface area (Å²) < 4.78 is 18.4. The van der Waals surface area contributed by atoms with E-state index in [-0.39, 0.29) is 17.9 Å². The molecule has 2 amide bonds. The molecule has 1 heterocycles. The van der Waals surface area contributed by atoms with Gasteiger partial charge in [0.1, 0.15) is 11.6 Å². The van der Waals surface area contributed by atoms with Crippen LogP contribution in [0.2, 0.25) is 0 Å². The molecule has 1 atom stereocenters. The molecule has 22 heavy (non-hydrogen) atoms. The Balaban J connectivity index is 1.71. The highest BCUT2D eigenvalue weighted by Gasteiger charge is 2.08. The van der Waals surface area contributed by atoms with Crippen LogP contribution in [0.1, 0.15) is 30.2 Å². The van der Waals surface area contributed by atoms with Gasteiger partial charge in [0.2, 0.25) is 0 Å². The number of hydrogen-bond acceptors (Lipinski definition) is 2. The van der Waals surface area contributed by atoms with Gasteiger partial charge in [0, 0.05) is 19.0 Å². The van der Waals surface area contributed by atoms with Crippen LogP contribution in [0.5, 0.6) is 0 Å². The second kappa shape index (κ2) is 7.64. The van der Waals surface area contributed by atoms with Gasteiger partial charge in [0.15, 0.2) is 0 Å². The van der Waals surface area contributed by atoms with Crippen LogP contribution in [-0.2, 0) is 13.0 Å². The average Bonchev–Trinajstić information content (AvgIpc) is 3.00. The van der Waals surface area contributed by atoms with Crippen molar-refractivity contribution in [1.82, 2.24) is 10.6 Å². The average molecular weight is 304 g/mol. The molecule has 0 fully saturated rings. The van der Waals surface area contributed by atoms with Gasteiger partial charge in [0.25, 0.3) is 0 Å². The molecular weight excluding hydrogens is 283 g/mol. The first kappa shape index (κ1) is 16.1. The first-order valence-corrected chi connectivity index (χ1v) is 7.36. The fourth-order valence-electron chi connectivity index (χ4n) is 2.16. The zero-order valence-electron chi connectivity index (χ0n) is 12.9. The van der Waals surface area contributed by atoms with E-state index in [0.717, 1.165) is 24.2 Å². The minimum absolute atomic E-state index is 0.0417. The van der Waals surface area contributed by atoms with Gasteiger partial charge >= 0.3 is 6.03 Å². The number of benzene rings is 1.